The van der Waals surface area contributed by atoms with Gasteiger partial charge in [0.1, 0.15) is 0 Å². The fourth-order valence-corrected chi connectivity index (χ4v) is 1.60. The lowest BCUT2D eigenvalue weighted by Gasteiger charge is -2.09. The second-order valence-corrected chi connectivity index (χ2v) is 4.34. The van der Waals surface area contributed by atoms with Gasteiger partial charge in [-0.3, -0.25) is 0 Å². The molecule has 0 aliphatic rings. The second-order valence-electron chi connectivity index (χ2n) is 4.34. The van der Waals surface area contributed by atoms with E-state index < -0.39 is 0 Å². The van der Waals surface area contributed by atoms with Gasteiger partial charge in [0, 0.05) is 18.2 Å². The van der Waals surface area contributed by atoms with Crippen molar-refractivity contribution in [3.8, 4) is 11.4 Å². The molecular weight excluding hydrogens is 226 g/mol. The Morgan fingerprint density at radius 2 is 2.06 bits per heavy atom. The van der Waals surface area contributed by atoms with Crippen LogP contribution >= 0.6 is 0 Å². The first-order chi connectivity index (χ1) is 8.79. The highest BCUT2D eigenvalue weighted by molar-refractivity contribution is 5.52. The van der Waals surface area contributed by atoms with E-state index in [1.54, 1.807) is 4.80 Å². The van der Waals surface area contributed by atoms with Gasteiger partial charge in [-0.1, -0.05) is 37.3 Å². The highest BCUT2D eigenvalue weighted by atomic mass is 15.6. The van der Waals surface area contributed by atoms with Gasteiger partial charge in [0.2, 0.25) is 5.82 Å². The third-order valence-electron chi connectivity index (χ3n) is 2.90. The SMILES string of the molecule is CCC(C)NCCn1nnc(-c2ccccc2)n1. The molecule has 5 heteroatoms. The predicted octanol–water partition coefficient (Wildman–Crippen LogP) is 1.73. The topological polar surface area (TPSA) is 55.6 Å². The van der Waals surface area contributed by atoms with Crippen LogP contribution < -0.4 is 5.32 Å². The first-order valence-corrected chi connectivity index (χ1v) is 6.36. The second kappa shape index (κ2) is 6.26. The molecular formula is C13H19N5. The molecule has 0 saturated heterocycles. The van der Waals surface area contributed by atoms with Crippen LogP contribution in [0.1, 0.15) is 20.3 Å². The van der Waals surface area contributed by atoms with Crippen molar-refractivity contribution in [2.75, 3.05) is 6.54 Å². The van der Waals surface area contributed by atoms with Crippen LogP contribution in [0.4, 0.5) is 0 Å². The third kappa shape index (κ3) is 3.37. The molecule has 96 valence electrons. The summed E-state index contributed by atoms with van der Waals surface area (Å²) in [4.78, 5) is 1.64. The van der Waals surface area contributed by atoms with Gasteiger partial charge in [0.25, 0.3) is 0 Å². The molecule has 18 heavy (non-hydrogen) atoms. The molecule has 0 radical (unpaired) electrons. The molecule has 0 aliphatic heterocycles. The third-order valence-corrected chi connectivity index (χ3v) is 2.90. The number of aromatic nitrogens is 4. The Hall–Kier alpha value is -1.75. The van der Waals surface area contributed by atoms with Crippen LogP contribution in [0.15, 0.2) is 30.3 Å². The van der Waals surface area contributed by atoms with Crippen LogP contribution in [0.5, 0.6) is 0 Å². The Labute approximate surface area is 107 Å². The number of hydrogen-bond acceptors (Lipinski definition) is 4. The molecule has 1 atom stereocenters. The van der Waals surface area contributed by atoms with E-state index in [0.717, 1.165) is 25.1 Å². The molecule has 0 saturated carbocycles. The van der Waals surface area contributed by atoms with Gasteiger partial charge in [0.15, 0.2) is 0 Å². The molecule has 0 spiro atoms. The summed E-state index contributed by atoms with van der Waals surface area (Å²) in [6, 6.07) is 10.4. The van der Waals surface area contributed by atoms with Gasteiger partial charge in [0.05, 0.1) is 6.54 Å². The van der Waals surface area contributed by atoms with Crippen molar-refractivity contribution in [1.82, 2.24) is 25.5 Å². The van der Waals surface area contributed by atoms with Crippen molar-refractivity contribution in [2.45, 2.75) is 32.9 Å². The van der Waals surface area contributed by atoms with Crippen LogP contribution in [0.25, 0.3) is 11.4 Å². The van der Waals surface area contributed by atoms with E-state index in [4.69, 9.17) is 0 Å². The Balaban J connectivity index is 1.91. The molecule has 2 rings (SSSR count). The number of tetrazole rings is 1. The lowest BCUT2D eigenvalue weighted by molar-refractivity contribution is 0.454. The van der Waals surface area contributed by atoms with Gasteiger partial charge in [-0.05, 0) is 18.6 Å². The van der Waals surface area contributed by atoms with Gasteiger partial charge >= 0.3 is 0 Å². The Morgan fingerprint density at radius 3 is 2.78 bits per heavy atom. The van der Waals surface area contributed by atoms with E-state index in [0.29, 0.717) is 11.9 Å². The molecule has 1 unspecified atom stereocenters. The largest absolute Gasteiger partial charge is 0.312 e. The Kier molecular flexibility index (Phi) is 4.41. The predicted molar refractivity (Wildman–Crippen MR) is 71.0 cm³/mol. The highest BCUT2D eigenvalue weighted by Crippen LogP contribution is 2.11. The lowest BCUT2D eigenvalue weighted by atomic mass is 10.2. The molecule has 1 N–H and O–H groups in total. The summed E-state index contributed by atoms with van der Waals surface area (Å²) >= 11 is 0. The number of nitrogens with one attached hydrogen (secondary N) is 1. The van der Waals surface area contributed by atoms with Crippen LogP contribution in [-0.4, -0.2) is 32.8 Å². The molecule has 0 fully saturated rings. The maximum absolute atomic E-state index is 4.36. The number of benzene rings is 1. The molecule has 0 amide bonds. The average Bonchev–Trinajstić information content (AvgIpc) is 2.88. The first-order valence-electron chi connectivity index (χ1n) is 6.36. The molecule has 1 aromatic heterocycles. The quantitative estimate of drug-likeness (QED) is 0.842. The fraction of sp³-hybridized carbons (Fsp3) is 0.462. The number of hydrogen-bond donors (Lipinski definition) is 1. The van der Waals surface area contributed by atoms with E-state index in [2.05, 4.69) is 34.6 Å². The maximum atomic E-state index is 4.36. The van der Waals surface area contributed by atoms with Crippen LogP contribution in [0.3, 0.4) is 0 Å². The zero-order chi connectivity index (χ0) is 12.8. The van der Waals surface area contributed by atoms with E-state index in [-0.39, 0.29) is 0 Å². The average molecular weight is 245 g/mol. The lowest BCUT2D eigenvalue weighted by Crippen LogP contribution is -2.29. The number of nitrogens with zero attached hydrogens (tertiary/aromatic N) is 4. The van der Waals surface area contributed by atoms with E-state index in [9.17, 15) is 0 Å². The van der Waals surface area contributed by atoms with E-state index in [1.807, 2.05) is 30.3 Å². The number of rotatable bonds is 6. The van der Waals surface area contributed by atoms with Gasteiger partial charge in [-0.15, -0.1) is 10.2 Å². The Bertz CT molecular complexity index is 465. The van der Waals surface area contributed by atoms with E-state index in [1.165, 1.54) is 0 Å². The smallest absolute Gasteiger partial charge is 0.204 e. The fourth-order valence-electron chi connectivity index (χ4n) is 1.60. The maximum Gasteiger partial charge on any atom is 0.204 e. The molecule has 1 aromatic carbocycles. The van der Waals surface area contributed by atoms with Crippen molar-refractivity contribution in [3.05, 3.63) is 30.3 Å². The first kappa shape index (κ1) is 12.7. The highest BCUT2D eigenvalue weighted by Gasteiger charge is 2.05. The standard InChI is InChI=1S/C13H19N5/c1-3-11(2)14-9-10-18-16-13(15-17-18)12-7-5-4-6-8-12/h4-8,11,14H,3,9-10H2,1-2H3. The molecule has 1 heterocycles. The molecule has 5 nitrogen and oxygen atoms in total. The van der Waals surface area contributed by atoms with Crippen LogP contribution in [-0.2, 0) is 6.54 Å². The normalized spacial score (nSPS) is 12.6. The summed E-state index contributed by atoms with van der Waals surface area (Å²) in [6.07, 6.45) is 1.13. The van der Waals surface area contributed by atoms with Crippen LogP contribution in [0, 0.1) is 0 Å². The monoisotopic (exact) mass is 245 g/mol. The summed E-state index contributed by atoms with van der Waals surface area (Å²) in [5.41, 5.74) is 0.999. The van der Waals surface area contributed by atoms with Crippen molar-refractivity contribution >= 4 is 0 Å². The van der Waals surface area contributed by atoms with Crippen molar-refractivity contribution in [1.29, 1.82) is 0 Å². The zero-order valence-corrected chi connectivity index (χ0v) is 10.9. The van der Waals surface area contributed by atoms with Gasteiger partial charge in [-0.25, -0.2) is 0 Å². The van der Waals surface area contributed by atoms with Crippen LogP contribution in [0.2, 0.25) is 0 Å². The molecule has 2 aromatic rings. The van der Waals surface area contributed by atoms with Gasteiger partial charge in [-0.2, -0.15) is 4.80 Å². The summed E-state index contributed by atoms with van der Waals surface area (Å²) in [5, 5.41) is 15.9. The van der Waals surface area contributed by atoms with Crippen molar-refractivity contribution in [3.63, 3.8) is 0 Å². The summed E-state index contributed by atoms with van der Waals surface area (Å²) in [6.45, 7) is 5.94. The summed E-state index contributed by atoms with van der Waals surface area (Å²) in [7, 11) is 0. The summed E-state index contributed by atoms with van der Waals surface area (Å²) < 4.78 is 0. The summed E-state index contributed by atoms with van der Waals surface area (Å²) in [5.74, 6) is 0.680. The Morgan fingerprint density at radius 1 is 1.28 bits per heavy atom. The minimum atomic E-state index is 0.530. The van der Waals surface area contributed by atoms with Crippen molar-refractivity contribution < 1.29 is 0 Å². The molecule has 0 aliphatic carbocycles. The van der Waals surface area contributed by atoms with E-state index >= 15 is 0 Å². The van der Waals surface area contributed by atoms with Crippen molar-refractivity contribution in [2.24, 2.45) is 0 Å². The zero-order valence-electron chi connectivity index (χ0n) is 10.9. The van der Waals surface area contributed by atoms with Gasteiger partial charge < -0.3 is 5.32 Å². The minimum Gasteiger partial charge on any atom is -0.312 e. The molecule has 0 bridgehead atoms. The minimum absolute atomic E-state index is 0.530.